The van der Waals surface area contributed by atoms with E-state index < -0.39 is 0 Å². The molecule has 0 saturated heterocycles. The Bertz CT molecular complexity index is 1070. The summed E-state index contributed by atoms with van der Waals surface area (Å²) in [6.07, 6.45) is 1.78. The summed E-state index contributed by atoms with van der Waals surface area (Å²) in [5, 5.41) is 12.3. The van der Waals surface area contributed by atoms with E-state index in [1.807, 2.05) is 44.4 Å². The van der Waals surface area contributed by atoms with Gasteiger partial charge in [-0.1, -0.05) is 35.5 Å². The molecule has 0 aliphatic rings. The van der Waals surface area contributed by atoms with Crippen molar-refractivity contribution in [2.24, 2.45) is 0 Å². The SMILES string of the molecule is C=CCn1c(COc2ccc(C)cc2C)nnc1SC(C)C(=O)Nc1nc(C)c(C)s1. The lowest BCUT2D eigenvalue weighted by Gasteiger charge is -2.13. The van der Waals surface area contributed by atoms with Gasteiger partial charge in [-0.05, 0) is 46.2 Å². The molecule has 1 amide bonds. The molecule has 2 heterocycles. The minimum Gasteiger partial charge on any atom is -0.485 e. The van der Waals surface area contributed by atoms with Crippen molar-refractivity contribution < 1.29 is 9.53 Å². The Hall–Kier alpha value is -2.65. The van der Waals surface area contributed by atoms with Gasteiger partial charge in [-0.3, -0.25) is 9.36 Å². The molecule has 7 nitrogen and oxygen atoms in total. The average Bonchev–Trinajstić information content (AvgIpc) is 3.23. The Morgan fingerprint density at radius 1 is 1.32 bits per heavy atom. The molecule has 0 aliphatic carbocycles. The monoisotopic (exact) mass is 457 g/mol. The second-order valence-electron chi connectivity index (χ2n) is 7.27. The first-order valence-corrected chi connectivity index (χ1v) is 11.6. The molecule has 0 bridgehead atoms. The van der Waals surface area contributed by atoms with Crippen LogP contribution in [0.3, 0.4) is 0 Å². The van der Waals surface area contributed by atoms with Crippen LogP contribution in [0.2, 0.25) is 0 Å². The van der Waals surface area contributed by atoms with Crippen molar-refractivity contribution in [2.75, 3.05) is 5.32 Å². The molecule has 1 aromatic carbocycles. The number of nitrogens with one attached hydrogen (secondary N) is 1. The number of carbonyl (C=O) groups is 1. The molecule has 2 aromatic heterocycles. The number of hydrogen-bond donors (Lipinski definition) is 1. The number of ether oxygens (including phenoxy) is 1. The van der Waals surface area contributed by atoms with E-state index in [1.165, 1.54) is 28.7 Å². The summed E-state index contributed by atoms with van der Waals surface area (Å²) < 4.78 is 7.89. The highest BCUT2D eigenvalue weighted by Gasteiger charge is 2.21. The van der Waals surface area contributed by atoms with Gasteiger partial charge in [0.1, 0.15) is 12.4 Å². The second-order valence-corrected chi connectivity index (χ2v) is 9.78. The lowest BCUT2D eigenvalue weighted by molar-refractivity contribution is -0.115. The number of benzene rings is 1. The van der Waals surface area contributed by atoms with Crippen LogP contribution in [0.1, 0.15) is 34.4 Å². The smallest absolute Gasteiger partial charge is 0.239 e. The van der Waals surface area contributed by atoms with E-state index in [-0.39, 0.29) is 17.8 Å². The fourth-order valence-corrected chi connectivity index (χ4v) is 4.57. The molecule has 0 fully saturated rings. The van der Waals surface area contributed by atoms with Crippen molar-refractivity contribution >= 4 is 34.1 Å². The summed E-state index contributed by atoms with van der Waals surface area (Å²) in [7, 11) is 0. The van der Waals surface area contributed by atoms with Crippen molar-refractivity contribution in [3.8, 4) is 5.75 Å². The number of hydrogen-bond acceptors (Lipinski definition) is 7. The lowest BCUT2D eigenvalue weighted by Crippen LogP contribution is -2.23. The van der Waals surface area contributed by atoms with Gasteiger partial charge in [-0.25, -0.2) is 4.98 Å². The Morgan fingerprint density at radius 3 is 2.74 bits per heavy atom. The molecule has 0 spiro atoms. The zero-order valence-corrected chi connectivity index (χ0v) is 20.1. The van der Waals surface area contributed by atoms with Gasteiger partial charge in [0, 0.05) is 11.4 Å². The predicted octanol–water partition coefficient (Wildman–Crippen LogP) is 4.85. The molecule has 1 atom stereocenters. The van der Waals surface area contributed by atoms with Crippen LogP contribution in [-0.4, -0.2) is 30.9 Å². The van der Waals surface area contributed by atoms with Gasteiger partial charge in [0.15, 0.2) is 16.1 Å². The number of nitrogens with zero attached hydrogens (tertiary/aromatic N) is 4. The summed E-state index contributed by atoms with van der Waals surface area (Å²) in [6.45, 7) is 14.5. The molecule has 1 N–H and O–H groups in total. The largest absolute Gasteiger partial charge is 0.485 e. The van der Waals surface area contributed by atoms with Crippen LogP contribution in [-0.2, 0) is 17.9 Å². The zero-order chi connectivity index (χ0) is 22.5. The number of carbonyl (C=O) groups excluding carboxylic acids is 1. The molecule has 0 radical (unpaired) electrons. The van der Waals surface area contributed by atoms with Crippen LogP contribution >= 0.6 is 23.1 Å². The third-order valence-corrected chi connectivity index (χ3v) is 6.77. The highest BCUT2D eigenvalue weighted by Crippen LogP contribution is 2.26. The number of thioether (sulfide) groups is 1. The van der Waals surface area contributed by atoms with Crippen LogP contribution in [0.4, 0.5) is 5.13 Å². The average molecular weight is 458 g/mol. The summed E-state index contributed by atoms with van der Waals surface area (Å²) in [5.74, 6) is 1.37. The van der Waals surface area contributed by atoms with Gasteiger partial charge in [-0.2, -0.15) is 0 Å². The van der Waals surface area contributed by atoms with Crippen LogP contribution in [0.25, 0.3) is 0 Å². The zero-order valence-electron chi connectivity index (χ0n) is 18.4. The van der Waals surface area contributed by atoms with E-state index in [2.05, 4.69) is 40.1 Å². The van der Waals surface area contributed by atoms with Gasteiger partial charge in [0.25, 0.3) is 0 Å². The minimum atomic E-state index is -0.370. The van der Waals surface area contributed by atoms with Crippen molar-refractivity contribution in [3.63, 3.8) is 0 Å². The van der Waals surface area contributed by atoms with E-state index in [0.29, 0.717) is 22.7 Å². The quantitative estimate of drug-likeness (QED) is 0.365. The highest BCUT2D eigenvalue weighted by atomic mass is 32.2. The summed E-state index contributed by atoms with van der Waals surface area (Å²) in [4.78, 5) is 18.1. The highest BCUT2D eigenvalue weighted by molar-refractivity contribution is 8.00. The molecule has 164 valence electrons. The normalized spacial score (nSPS) is 11.9. The fraction of sp³-hybridized carbons (Fsp3) is 0.364. The molecule has 0 aliphatic heterocycles. The Morgan fingerprint density at radius 2 is 2.10 bits per heavy atom. The maximum Gasteiger partial charge on any atom is 0.239 e. The van der Waals surface area contributed by atoms with Gasteiger partial charge in [0.2, 0.25) is 5.91 Å². The summed E-state index contributed by atoms with van der Waals surface area (Å²) in [5.41, 5.74) is 3.19. The van der Waals surface area contributed by atoms with E-state index >= 15 is 0 Å². The van der Waals surface area contributed by atoms with Gasteiger partial charge < -0.3 is 10.1 Å². The van der Waals surface area contributed by atoms with E-state index in [4.69, 9.17) is 4.74 Å². The van der Waals surface area contributed by atoms with Crippen LogP contribution in [0, 0.1) is 27.7 Å². The molecular weight excluding hydrogens is 430 g/mol. The minimum absolute atomic E-state index is 0.125. The molecule has 3 rings (SSSR count). The summed E-state index contributed by atoms with van der Waals surface area (Å²) in [6, 6.07) is 6.06. The molecular formula is C22H27N5O2S2. The number of thiazole rings is 1. The molecule has 1 unspecified atom stereocenters. The molecule has 31 heavy (non-hydrogen) atoms. The summed E-state index contributed by atoms with van der Waals surface area (Å²) >= 11 is 2.82. The van der Waals surface area contributed by atoms with Crippen LogP contribution in [0.5, 0.6) is 5.75 Å². The van der Waals surface area contributed by atoms with E-state index in [1.54, 1.807) is 6.08 Å². The Labute approximate surface area is 191 Å². The molecule has 3 aromatic rings. The number of amides is 1. The lowest BCUT2D eigenvalue weighted by atomic mass is 10.1. The van der Waals surface area contributed by atoms with Crippen LogP contribution < -0.4 is 10.1 Å². The van der Waals surface area contributed by atoms with Gasteiger partial charge >= 0.3 is 0 Å². The fourth-order valence-electron chi connectivity index (χ4n) is 2.87. The van der Waals surface area contributed by atoms with Gasteiger partial charge in [0.05, 0.1) is 10.9 Å². The number of aryl methyl sites for hydroxylation is 4. The third-order valence-electron chi connectivity index (χ3n) is 4.70. The molecule has 0 saturated carbocycles. The predicted molar refractivity (Wildman–Crippen MR) is 126 cm³/mol. The first-order valence-electron chi connectivity index (χ1n) is 9.93. The van der Waals surface area contributed by atoms with Crippen molar-refractivity contribution in [1.82, 2.24) is 19.7 Å². The molecule has 9 heteroatoms. The van der Waals surface area contributed by atoms with E-state index in [0.717, 1.165) is 21.9 Å². The van der Waals surface area contributed by atoms with Crippen LogP contribution in [0.15, 0.2) is 36.0 Å². The Balaban J connectivity index is 1.68. The third kappa shape index (κ3) is 5.74. The van der Waals surface area contributed by atoms with Crippen molar-refractivity contribution in [1.29, 1.82) is 0 Å². The van der Waals surface area contributed by atoms with Crippen molar-refractivity contribution in [3.05, 3.63) is 58.4 Å². The van der Waals surface area contributed by atoms with Crippen molar-refractivity contribution in [2.45, 2.75) is 58.2 Å². The maximum absolute atomic E-state index is 12.6. The number of rotatable bonds is 9. The number of allylic oxidation sites excluding steroid dienone is 1. The Kier molecular flexibility index (Phi) is 7.50. The standard InChI is InChI=1S/C22H27N5O2S2/c1-7-10-27-19(12-29-18-9-8-13(2)11-14(18)3)25-26-22(27)31-17(6)20(28)24-21-23-15(4)16(5)30-21/h7-9,11,17H,1,10,12H2,2-6H3,(H,23,24,28). The first kappa shape index (κ1) is 23.0. The maximum atomic E-state index is 12.6. The van der Waals surface area contributed by atoms with E-state index in [9.17, 15) is 4.79 Å². The second kappa shape index (κ2) is 10.1. The number of aromatic nitrogens is 4. The van der Waals surface area contributed by atoms with Gasteiger partial charge in [-0.15, -0.1) is 28.1 Å². The first-order chi connectivity index (χ1) is 14.8. The number of anilines is 1. The topological polar surface area (TPSA) is 81.9 Å².